The van der Waals surface area contributed by atoms with Gasteiger partial charge in [0.2, 0.25) is 0 Å². The molecule has 0 aromatic heterocycles. The molecular formula is C30H38BrNO6. The number of hydrogen-bond acceptors (Lipinski definition) is 6. The van der Waals surface area contributed by atoms with Gasteiger partial charge in [-0.25, -0.2) is 9.59 Å². The summed E-state index contributed by atoms with van der Waals surface area (Å²) >= 11 is 3.39. The molecule has 6 atom stereocenters. The summed E-state index contributed by atoms with van der Waals surface area (Å²) in [7, 11) is 0. The van der Waals surface area contributed by atoms with Crippen molar-refractivity contribution in [2.75, 3.05) is 18.5 Å². The van der Waals surface area contributed by atoms with Gasteiger partial charge in [0.25, 0.3) is 0 Å². The van der Waals surface area contributed by atoms with Crippen LogP contribution >= 0.6 is 15.9 Å². The van der Waals surface area contributed by atoms with Crippen molar-refractivity contribution in [1.29, 1.82) is 0 Å². The summed E-state index contributed by atoms with van der Waals surface area (Å²) in [4.78, 5) is 25.2. The summed E-state index contributed by atoms with van der Waals surface area (Å²) in [5, 5.41) is 2.71. The van der Waals surface area contributed by atoms with Gasteiger partial charge in [-0.1, -0.05) is 54.1 Å². The van der Waals surface area contributed by atoms with Gasteiger partial charge in [-0.05, 0) is 81.4 Å². The minimum atomic E-state index is -0.745. The van der Waals surface area contributed by atoms with Gasteiger partial charge in [-0.3, -0.25) is 5.32 Å². The number of carbonyl (C=O) groups is 2. The molecule has 0 spiro atoms. The minimum absolute atomic E-state index is 0.00276. The lowest BCUT2D eigenvalue weighted by Crippen LogP contribution is -2.62. The Hall–Kier alpha value is -2.16. The normalized spacial score (nSPS) is 37.2. The molecule has 1 aromatic rings. The molecule has 2 saturated carbocycles. The third-order valence-corrected chi connectivity index (χ3v) is 9.81. The highest BCUT2D eigenvalue weighted by Gasteiger charge is 2.60. The van der Waals surface area contributed by atoms with Crippen LogP contribution in [-0.4, -0.2) is 43.3 Å². The van der Waals surface area contributed by atoms with E-state index >= 15 is 0 Å². The molecule has 1 N–H and O–H groups in total. The molecule has 1 aromatic carbocycles. The molecule has 7 nitrogen and oxygen atoms in total. The van der Waals surface area contributed by atoms with Crippen LogP contribution in [0.4, 0.5) is 10.5 Å². The monoisotopic (exact) mass is 587 g/mol. The average Bonchev–Trinajstić information content (AvgIpc) is 3.18. The SMILES string of the molecule is C=C1CC[C@@H]2[C@]3(C)COC(C)(C)O[C@@H]3CC[C@@]2(C)[C@@H]1C/C=C1/C(=O)OC[C@H]1OC(=O)Nc1cccc(Br)c1. The highest BCUT2D eigenvalue weighted by molar-refractivity contribution is 9.10. The zero-order valence-electron chi connectivity index (χ0n) is 22.7. The van der Waals surface area contributed by atoms with E-state index in [1.807, 2.05) is 32.1 Å². The van der Waals surface area contributed by atoms with E-state index in [9.17, 15) is 9.59 Å². The van der Waals surface area contributed by atoms with Crippen molar-refractivity contribution in [2.24, 2.45) is 22.7 Å². The third-order valence-electron chi connectivity index (χ3n) is 9.31. The number of ether oxygens (including phenoxy) is 4. The van der Waals surface area contributed by atoms with Crippen LogP contribution in [0.15, 0.2) is 52.5 Å². The summed E-state index contributed by atoms with van der Waals surface area (Å²) in [6, 6.07) is 7.23. The quantitative estimate of drug-likeness (QED) is 0.237. The van der Waals surface area contributed by atoms with E-state index in [2.05, 4.69) is 41.7 Å². The second-order valence-electron chi connectivity index (χ2n) is 12.2. The van der Waals surface area contributed by atoms with Crippen LogP contribution in [0, 0.1) is 22.7 Å². The number of cyclic esters (lactones) is 1. The maximum Gasteiger partial charge on any atom is 0.412 e. The number of carbonyl (C=O) groups excluding carboxylic acids is 2. The lowest BCUT2D eigenvalue weighted by molar-refractivity contribution is -0.344. The number of amides is 1. The fourth-order valence-electron chi connectivity index (χ4n) is 7.36. The summed E-state index contributed by atoms with van der Waals surface area (Å²) in [6.07, 6.45) is 5.37. The number of benzene rings is 1. The Morgan fingerprint density at radius 3 is 2.79 bits per heavy atom. The average molecular weight is 589 g/mol. The molecule has 2 saturated heterocycles. The maximum absolute atomic E-state index is 12.6. The molecule has 206 valence electrons. The fourth-order valence-corrected chi connectivity index (χ4v) is 7.75. The third kappa shape index (κ3) is 5.07. The van der Waals surface area contributed by atoms with Gasteiger partial charge in [-0.15, -0.1) is 0 Å². The van der Waals surface area contributed by atoms with E-state index in [1.54, 1.807) is 12.1 Å². The number of esters is 1. The summed E-state index contributed by atoms with van der Waals surface area (Å²) < 4.78 is 24.3. The van der Waals surface area contributed by atoms with Crippen LogP contribution in [0.1, 0.15) is 59.8 Å². The number of allylic oxidation sites excluding steroid dienone is 2. The number of fused-ring (bicyclic) bond motifs is 3. The van der Waals surface area contributed by atoms with Gasteiger partial charge in [0.05, 0.1) is 18.3 Å². The van der Waals surface area contributed by atoms with Crippen LogP contribution in [0.5, 0.6) is 0 Å². The smallest absolute Gasteiger partial charge is 0.412 e. The molecule has 8 heteroatoms. The molecule has 0 unspecified atom stereocenters. The van der Waals surface area contributed by atoms with Gasteiger partial charge in [0.15, 0.2) is 11.9 Å². The summed E-state index contributed by atoms with van der Waals surface area (Å²) in [6.45, 7) is 13.8. The van der Waals surface area contributed by atoms with Gasteiger partial charge in [-0.2, -0.15) is 0 Å². The molecule has 5 rings (SSSR count). The van der Waals surface area contributed by atoms with E-state index in [1.165, 1.54) is 5.57 Å². The van der Waals surface area contributed by atoms with Crippen molar-refractivity contribution in [3.63, 3.8) is 0 Å². The van der Waals surface area contributed by atoms with E-state index < -0.39 is 24.0 Å². The Kier molecular flexibility index (Phi) is 7.29. The summed E-state index contributed by atoms with van der Waals surface area (Å²) in [5.74, 6) is -0.370. The lowest BCUT2D eigenvalue weighted by atomic mass is 9.46. The van der Waals surface area contributed by atoms with Crippen molar-refractivity contribution in [3.05, 3.63) is 52.5 Å². The summed E-state index contributed by atoms with van der Waals surface area (Å²) in [5.41, 5.74) is 2.15. The van der Waals surface area contributed by atoms with Gasteiger partial charge in [0.1, 0.15) is 6.61 Å². The number of halogens is 1. The molecule has 0 radical (unpaired) electrons. The Morgan fingerprint density at radius 2 is 2.03 bits per heavy atom. The van der Waals surface area contributed by atoms with Crippen molar-refractivity contribution in [3.8, 4) is 0 Å². The van der Waals surface area contributed by atoms with Gasteiger partial charge < -0.3 is 18.9 Å². The molecule has 2 heterocycles. The second kappa shape index (κ2) is 10.1. The molecule has 38 heavy (non-hydrogen) atoms. The Bertz CT molecular complexity index is 1160. The lowest BCUT2D eigenvalue weighted by Gasteiger charge is -2.63. The van der Waals surface area contributed by atoms with E-state index in [-0.39, 0.29) is 29.5 Å². The first-order chi connectivity index (χ1) is 17.9. The zero-order chi connectivity index (χ0) is 27.3. The molecule has 4 fully saturated rings. The zero-order valence-corrected chi connectivity index (χ0v) is 24.3. The van der Waals surface area contributed by atoms with Crippen LogP contribution in [-0.2, 0) is 23.7 Å². The van der Waals surface area contributed by atoms with Gasteiger partial charge in [0, 0.05) is 15.6 Å². The largest absolute Gasteiger partial charge is 0.458 e. The maximum atomic E-state index is 12.6. The Morgan fingerprint density at radius 1 is 1.24 bits per heavy atom. The Balaban J connectivity index is 1.31. The first-order valence-corrected chi connectivity index (χ1v) is 14.3. The van der Waals surface area contributed by atoms with Gasteiger partial charge >= 0.3 is 12.1 Å². The topological polar surface area (TPSA) is 83.1 Å². The molecule has 2 aliphatic carbocycles. The number of hydrogen-bond donors (Lipinski definition) is 1. The first-order valence-electron chi connectivity index (χ1n) is 13.5. The van der Waals surface area contributed by atoms with Crippen molar-refractivity contribution in [1.82, 2.24) is 0 Å². The molecule has 1 amide bonds. The van der Waals surface area contributed by atoms with E-state index in [4.69, 9.17) is 18.9 Å². The number of rotatable bonds is 4. The predicted molar refractivity (Wildman–Crippen MR) is 147 cm³/mol. The molecular weight excluding hydrogens is 550 g/mol. The van der Waals surface area contributed by atoms with E-state index in [0.29, 0.717) is 30.2 Å². The van der Waals surface area contributed by atoms with Crippen LogP contribution in [0.25, 0.3) is 0 Å². The minimum Gasteiger partial charge on any atom is -0.458 e. The standard InChI is InChI=1S/C30H38BrNO6/c1-18-9-12-24-29(4,14-13-25-30(24,5)17-36-28(2,3)38-25)22(18)11-10-21-23(16-35-26(21)33)37-27(34)32-20-8-6-7-19(31)15-20/h6-8,10,15,22-25H,1,9,11-14,16-17H2,2-5H3,(H,32,34)/b21-10+/t22-,23-,24+,25-,29+,30+/m1/s1. The molecule has 2 aliphatic heterocycles. The molecule has 0 bridgehead atoms. The second-order valence-corrected chi connectivity index (χ2v) is 13.1. The fraction of sp³-hybridized carbons (Fsp3) is 0.600. The van der Waals surface area contributed by atoms with Crippen LogP contribution in [0.3, 0.4) is 0 Å². The van der Waals surface area contributed by atoms with Crippen molar-refractivity contribution >= 4 is 33.7 Å². The molecule has 4 aliphatic rings. The highest BCUT2D eigenvalue weighted by Crippen LogP contribution is 2.63. The predicted octanol–water partition coefficient (Wildman–Crippen LogP) is 6.78. The van der Waals surface area contributed by atoms with E-state index in [0.717, 1.165) is 30.2 Å². The number of anilines is 1. The van der Waals surface area contributed by atoms with Crippen LogP contribution < -0.4 is 5.32 Å². The first kappa shape index (κ1) is 27.4. The van der Waals surface area contributed by atoms with Crippen molar-refractivity contribution in [2.45, 2.75) is 77.8 Å². The number of nitrogens with one attached hydrogen (secondary N) is 1. The van der Waals surface area contributed by atoms with Crippen molar-refractivity contribution < 1.29 is 28.5 Å². The van der Waals surface area contributed by atoms with Crippen LogP contribution in [0.2, 0.25) is 0 Å². The Labute approximate surface area is 233 Å². The highest BCUT2D eigenvalue weighted by atomic mass is 79.9.